The molecule has 100 valence electrons. The van der Waals surface area contributed by atoms with Gasteiger partial charge in [-0.25, -0.2) is 0 Å². The Morgan fingerprint density at radius 1 is 1.39 bits per heavy atom. The number of hydrogen-bond donors (Lipinski definition) is 1. The molecule has 0 spiro atoms. The summed E-state index contributed by atoms with van der Waals surface area (Å²) in [5.74, 6) is -0.742. The van der Waals surface area contributed by atoms with Gasteiger partial charge in [0.1, 0.15) is 0 Å². The summed E-state index contributed by atoms with van der Waals surface area (Å²) < 4.78 is 0. The lowest BCUT2D eigenvalue weighted by atomic mass is 10.2. The maximum Gasteiger partial charge on any atom is 0.303 e. The van der Waals surface area contributed by atoms with Crippen LogP contribution in [0.25, 0.3) is 0 Å². The molecule has 0 amide bonds. The predicted octanol–water partition coefficient (Wildman–Crippen LogP) is 3.73. The van der Waals surface area contributed by atoms with Gasteiger partial charge in [0.05, 0.1) is 0 Å². The molecule has 1 N–H and O–H groups in total. The zero-order valence-electron chi connectivity index (χ0n) is 10.9. The van der Waals surface area contributed by atoms with Crippen molar-refractivity contribution in [3.8, 4) is 0 Å². The number of aliphatic carboxylic acids is 1. The van der Waals surface area contributed by atoms with E-state index in [0.29, 0.717) is 6.42 Å². The highest BCUT2D eigenvalue weighted by atomic mass is 35.5. The smallest absolute Gasteiger partial charge is 0.303 e. The number of aryl methyl sites for hydroxylation is 1. The van der Waals surface area contributed by atoms with Crippen molar-refractivity contribution in [3.05, 3.63) is 28.8 Å². The number of carboxylic acid groups (broad SMARTS) is 1. The minimum atomic E-state index is -0.742. The van der Waals surface area contributed by atoms with E-state index in [-0.39, 0.29) is 6.42 Å². The van der Waals surface area contributed by atoms with Crippen molar-refractivity contribution in [2.24, 2.45) is 0 Å². The maximum atomic E-state index is 10.5. The largest absolute Gasteiger partial charge is 0.481 e. The second kappa shape index (κ2) is 7.27. The van der Waals surface area contributed by atoms with E-state index in [9.17, 15) is 4.79 Å². The van der Waals surface area contributed by atoms with E-state index >= 15 is 0 Å². The SMILES string of the molecule is CCCN(CCCC(=O)O)c1ccc(C)c(Cl)c1. The zero-order chi connectivity index (χ0) is 13.5. The maximum absolute atomic E-state index is 10.5. The van der Waals surface area contributed by atoms with Crippen LogP contribution in [0.15, 0.2) is 18.2 Å². The third-order valence-corrected chi connectivity index (χ3v) is 3.24. The molecule has 0 aliphatic heterocycles. The van der Waals surface area contributed by atoms with Crippen LogP contribution in [0.2, 0.25) is 5.02 Å². The first kappa shape index (κ1) is 14.8. The van der Waals surface area contributed by atoms with Gasteiger partial charge in [-0.15, -0.1) is 0 Å². The molecule has 0 fully saturated rings. The quantitative estimate of drug-likeness (QED) is 0.820. The molecule has 1 aromatic rings. The number of halogens is 1. The molecule has 18 heavy (non-hydrogen) atoms. The molecule has 0 saturated heterocycles. The number of hydrogen-bond acceptors (Lipinski definition) is 2. The molecule has 0 aliphatic rings. The third kappa shape index (κ3) is 4.57. The van der Waals surface area contributed by atoms with E-state index in [2.05, 4.69) is 11.8 Å². The van der Waals surface area contributed by atoms with Crippen LogP contribution in [0, 0.1) is 6.92 Å². The molecule has 0 aliphatic carbocycles. The first-order chi connectivity index (χ1) is 8.54. The number of carboxylic acids is 1. The Morgan fingerprint density at radius 3 is 2.67 bits per heavy atom. The molecule has 0 bridgehead atoms. The van der Waals surface area contributed by atoms with Crippen molar-refractivity contribution >= 4 is 23.3 Å². The summed E-state index contributed by atoms with van der Waals surface area (Å²) in [6.07, 6.45) is 1.89. The lowest BCUT2D eigenvalue weighted by molar-refractivity contribution is -0.137. The summed E-state index contributed by atoms with van der Waals surface area (Å²) in [6.45, 7) is 5.75. The molecule has 0 unspecified atom stereocenters. The van der Waals surface area contributed by atoms with Crippen molar-refractivity contribution in [3.63, 3.8) is 0 Å². The molecule has 0 saturated carbocycles. The van der Waals surface area contributed by atoms with E-state index in [1.54, 1.807) is 0 Å². The van der Waals surface area contributed by atoms with Crippen molar-refractivity contribution < 1.29 is 9.90 Å². The summed E-state index contributed by atoms with van der Waals surface area (Å²) in [7, 11) is 0. The second-order valence-electron chi connectivity index (χ2n) is 4.42. The van der Waals surface area contributed by atoms with Gasteiger partial charge in [-0.05, 0) is 37.5 Å². The summed E-state index contributed by atoms with van der Waals surface area (Å²) in [5, 5.41) is 9.42. The molecule has 0 atom stereocenters. The molecule has 3 nitrogen and oxygen atoms in total. The minimum Gasteiger partial charge on any atom is -0.481 e. The fraction of sp³-hybridized carbons (Fsp3) is 0.500. The lowest BCUT2D eigenvalue weighted by Gasteiger charge is -2.24. The van der Waals surface area contributed by atoms with E-state index in [0.717, 1.165) is 35.8 Å². The van der Waals surface area contributed by atoms with Gasteiger partial charge in [-0.3, -0.25) is 4.79 Å². The topological polar surface area (TPSA) is 40.5 Å². The van der Waals surface area contributed by atoms with Gasteiger partial charge in [0.2, 0.25) is 0 Å². The normalized spacial score (nSPS) is 10.4. The highest BCUT2D eigenvalue weighted by Crippen LogP contribution is 2.23. The van der Waals surface area contributed by atoms with Crippen molar-refractivity contribution in [1.82, 2.24) is 0 Å². The van der Waals surface area contributed by atoms with Gasteiger partial charge in [-0.2, -0.15) is 0 Å². The van der Waals surface area contributed by atoms with Gasteiger partial charge < -0.3 is 10.0 Å². The summed E-state index contributed by atoms with van der Waals surface area (Å²) >= 11 is 6.12. The standard InChI is InChI=1S/C14H20ClNO2/c1-3-8-16(9-4-5-14(17)18)12-7-6-11(2)13(15)10-12/h6-7,10H,3-5,8-9H2,1-2H3,(H,17,18). The predicted molar refractivity (Wildman–Crippen MR) is 75.6 cm³/mol. The molecular weight excluding hydrogens is 250 g/mol. The Morgan fingerprint density at radius 2 is 2.11 bits per heavy atom. The molecule has 0 heterocycles. The van der Waals surface area contributed by atoms with Crippen LogP contribution in [0.5, 0.6) is 0 Å². The van der Waals surface area contributed by atoms with Crippen LogP contribution in [-0.2, 0) is 4.79 Å². The van der Waals surface area contributed by atoms with E-state index in [1.165, 1.54) is 0 Å². The number of rotatable bonds is 7. The molecule has 0 radical (unpaired) electrons. The molecular formula is C14H20ClNO2. The molecule has 0 aromatic heterocycles. The van der Waals surface area contributed by atoms with Gasteiger partial charge in [0.25, 0.3) is 0 Å². The molecule has 1 rings (SSSR count). The molecule has 4 heteroatoms. The van der Waals surface area contributed by atoms with Gasteiger partial charge in [0, 0.05) is 30.2 Å². The van der Waals surface area contributed by atoms with E-state index < -0.39 is 5.97 Å². The van der Waals surface area contributed by atoms with Crippen LogP contribution in [0.3, 0.4) is 0 Å². The fourth-order valence-electron chi connectivity index (χ4n) is 1.84. The average molecular weight is 270 g/mol. The summed E-state index contributed by atoms with van der Waals surface area (Å²) in [6, 6.07) is 5.99. The first-order valence-electron chi connectivity index (χ1n) is 6.27. The monoisotopic (exact) mass is 269 g/mol. The van der Waals surface area contributed by atoms with Crippen molar-refractivity contribution in [2.75, 3.05) is 18.0 Å². The second-order valence-corrected chi connectivity index (χ2v) is 4.83. The number of nitrogens with zero attached hydrogens (tertiary/aromatic N) is 1. The highest BCUT2D eigenvalue weighted by Gasteiger charge is 2.08. The van der Waals surface area contributed by atoms with E-state index in [4.69, 9.17) is 16.7 Å². The fourth-order valence-corrected chi connectivity index (χ4v) is 2.01. The Kier molecular flexibility index (Phi) is 5.99. The van der Waals surface area contributed by atoms with Crippen LogP contribution >= 0.6 is 11.6 Å². The van der Waals surface area contributed by atoms with Crippen LogP contribution in [0.4, 0.5) is 5.69 Å². The van der Waals surface area contributed by atoms with Crippen LogP contribution < -0.4 is 4.90 Å². The zero-order valence-corrected chi connectivity index (χ0v) is 11.7. The number of anilines is 1. The Balaban J connectivity index is 2.70. The summed E-state index contributed by atoms with van der Waals surface area (Å²) in [4.78, 5) is 12.7. The van der Waals surface area contributed by atoms with Gasteiger partial charge in [-0.1, -0.05) is 24.6 Å². The Bertz CT molecular complexity index is 407. The number of carbonyl (C=O) groups is 1. The average Bonchev–Trinajstić information content (AvgIpc) is 2.31. The Hall–Kier alpha value is -1.22. The van der Waals surface area contributed by atoms with Crippen molar-refractivity contribution in [1.29, 1.82) is 0 Å². The molecule has 1 aromatic carbocycles. The summed E-state index contributed by atoms with van der Waals surface area (Å²) in [5.41, 5.74) is 2.13. The highest BCUT2D eigenvalue weighted by molar-refractivity contribution is 6.31. The third-order valence-electron chi connectivity index (χ3n) is 2.83. The van der Waals surface area contributed by atoms with Crippen molar-refractivity contribution in [2.45, 2.75) is 33.1 Å². The Labute approximate surface area is 113 Å². The van der Waals surface area contributed by atoms with Crippen LogP contribution in [0.1, 0.15) is 31.7 Å². The lowest BCUT2D eigenvalue weighted by Crippen LogP contribution is -2.25. The van der Waals surface area contributed by atoms with E-state index in [1.807, 2.05) is 25.1 Å². The first-order valence-corrected chi connectivity index (χ1v) is 6.65. The van der Waals surface area contributed by atoms with Gasteiger partial charge in [0.15, 0.2) is 0 Å². The minimum absolute atomic E-state index is 0.208. The van der Waals surface area contributed by atoms with Crippen LogP contribution in [-0.4, -0.2) is 24.2 Å². The number of benzene rings is 1. The van der Waals surface area contributed by atoms with Gasteiger partial charge >= 0.3 is 5.97 Å².